The average molecular weight is 224 g/mol. The summed E-state index contributed by atoms with van der Waals surface area (Å²) in [7, 11) is 1.94. The van der Waals surface area contributed by atoms with Crippen molar-refractivity contribution in [3.63, 3.8) is 0 Å². The zero-order chi connectivity index (χ0) is 11.5. The minimum absolute atomic E-state index is 0.204. The SMILES string of the molecule is CC(=O)N(C)C1CCN(C2CCCCC2)C1. The lowest BCUT2D eigenvalue weighted by Gasteiger charge is -2.31. The Balaban J connectivity index is 1.84. The smallest absolute Gasteiger partial charge is 0.219 e. The molecule has 0 aromatic carbocycles. The maximum absolute atomic E-state index is 11.3. The Bertz CT molecular complexity index is 248. The Morgan fingerprint density at radius 3 is 2.50 bits per heavy atom. The second-order valence-corrected chi connectivity index (χ2v) is 5.36. The van der Waals surface area contributed by atoms with Gasteiger partial charge in [-0.3, -0.25) is 9.69 Å². The van der Waals surface area contributed by atoms with Crippen molar-refractivity contribution in [2.75, 3.05) is 20.1 Å². The van der Waals surface area contributed by atoms with Gasteiger partial charge in [-0.1, -0.05) is 19.3 Å². The largest absolute Gasteiger partial charge is 0.342 e. The highest BCUT2D eigenvalue weighted by atomic mass is 16.2. The Labute approximate surface area is 98.8 Å². The number of hydrogen-bond acceptors (Lipinski definition) is 2. The first-order valence-corrected chi connectivity index (χ1v) is 6.66. The van der Waals surface area contributed by atoms with Crippen LogP contribution < -0.4 is 0 Å². The van der Waals surface area contributed by atoms with Gasteiger partial charge in [0.05, 0.1) is 0 Å². The molecular formula is C13H24N2O. The molecule has 0 N–H and O–H groups in total. The van der Waals surface area contributed by atoms with E-state index in [1.165, 1.54) is 38.6 Å². The number of carbonyl (C=O) groups is 1. The summed E-state index contributed by atoms with van der Waals surface area (Å²) in [4.78, 5) is 15.9. The monoisotopic (exact) mass is 224 g/mol. The number of likely N-dealkylation sites (N-methyl/N-ethyl adjacent to an activating group) is 1. The van der Waals surface area contributed by atoms with Gasteiger partial charge in [-0.05, 0) is 19.3 Å². The van der Waals surface area contributed by atoms with Crippen LogP contribution in [-0.4, -0.2) is 47.9 Å². The molecule has 92 valence electrons. The first-order chi connectivity index (χ1) is 7.68. The van der Waals surface area contributed by atoms with E-state index in [9.17, 15) is 4.79 Å². The quantitative estimate of drug-likeness (QED) is 0.715. The first kappa shape index (κ1) is 11.9. The number of nitrogens with zero attached hydrogens (tertiary/aromatic N) is 2. The third-order valence-electron chi connectivity index (χ3n) is 4.33. The van der Waals surface area contributed by atoms with Gasteiger partial charge in [0.1, 0.15) is 0 Å². The molecule has 3 nitrogen and oxygen atoms in total. The van der Waals surface area contributed by atoms with Crippen LogP contribution >= 0.6 is 0 Å². The molecule has 1 atom stereocenters. The van der Waals surface area contributed by atoms with Crippen LogP contribution in [0.1, 0.15) is 45.4 Å². The molecule has 0 aromatic rings. The van der Waals surface area contributed by atoms with Gasteiger partial charge in [0, 0.05) is 39.1 Å². The van der Waals surface area contributed by atoms with Gasteiger partial charge in [-0.25, -0.2) is 0 Å². The van der Waals surface area contributed by atoms with Crippen LogP contribution in [0.4, 0.5) is 0 Å². The van der Waals surface area contributed by atoms with Crippen molar-refractivity contribution < 1.29 is 4.79 Å². The Kier molecular flexibility index (Phi) is 3.85. The highest BCUT2D eigenvalue weighted by Gasteiger charge is 2.31. The molecule has 1 saturated carbocycles. The van der Waals surface area contributed by atoms with Crippen molar-refractivity contribution in [2.24, 2.45) is 0 Å². The molecule has 1 heterocycles. The molecular weight excluding hydrogens is 200 g/mol. The summed E-state index contributed by atoms with van der Waals surface area (Å²) in [5.41, 5.74) is 0. The molecule has 2 fully saturated rings. The van der Waals surface area contributed by atoms with Crippen LogP contribution in [0.3, 0.4) is 0 Å². The third-order valence-corrected chi connectivity index (χ3v) is 4.33. The minimum atomic E-state index is 0.204. The van der Waals surface area contributed by atoms with E-state index in [-0.39, 0.29) is 5.91 Å². The van der Waals surface area contributed by atoms with Gasteiger partial charge in [0.2, 0.25) is 5.91 Å². The highest BCUT2D eigenvalue weighted by molar-refractivity contribution is 5.73. The summed E-state index contributed by atoms with van der Waals surface area (Å²) in [6.07, 6.45) is 8.11. The summed E-state index contributed by atoms with van der Waals surface area (Å²) in [5.74, 6) is 0.204. The van der Waals surface area contributed by atoms with Crippen molar-refractivity contribution in [2.45, 2.75) is 57.5 Å². The maximum Gasteiger partial charge on any atom is 0.219 e. The fourth-order valence-electron chi connectivity index (χ4n) is 3.12. The maximum atomic E-state index is 11.3. The third kappa shape index (κ3) is 2.57. The second-order valence-electron chi connectivity index (χ2n) is 5.36. The lowest BCUT2D eigenvalue weighted by Crippen LogP contribution is -2.40. The van der Waals surface area contributed by atoms with E-state index in [1.807, 2.05) is 11.9 Å². The molecule has 2 rings (SSSR count). The first-order valence-electron chi connectivity index (χ1n) is 6.66. The molecule has 1 saturated heterocycles. The average Bonchev–Trinajstić information content (AvgIpc) is 2.78. The standard InChI is InChI=1S/C13H24N2O/c1-11(16)14(2)13-8-9-15(10-13)12-6-4-3-5-7-12/h12-13H,3-10H2,1-2H3. The molecule has 0 aromatic heterocycles. The summed E-state index contributed by atoms with van der Waals surface area (Å²) in [6, 6.07) is 1.26. The van der Waals surface area contributed by atoms with Crippen molar-refractivity contribution >= 4 is 5.91 Å². The van der Waals surface area contributed by atoms with Crippen molar-refractivity contribution in [1.29, 1.82) is 0 Å². The van der Waals surface area contributed by atoms with E-state index in [0.29, 0.717) is 6.04 Å². The van der Waals surface area contributed by atoms with Crippen LogP contribution in [0.15, 0.2) is 0 Å². The van der Waals surface area contributed by atoms with Crippen molar-refractivity contribution in [1.82, 2.24) is 9.80 Å². The van der Waals surface area contributed by atoms with Gasteiger partial charge in [0.25, 0.3) is 0 Å². The zero-order valence-corrected chi connectivity index (χ0v) is 10.6. The van der Waals surface area contributed by atoms with Gasteiger partial charge < -0.3 is 4.90 Å². The fraction of sp³-hybridized carbons (Fsp3) is 0.923. The van der Waals surface area contributed by atoms with Gasteiger partial charge in [-0.15, -0.1) is 0 Å². The van der Waals surface area contributed by atoms with E-state index in [4.69, 9.17) is 0 Å². The van der Waals surface area contributed by atoms with Gasteiger partial charge in [-0.2, -0.15) is 0 Å². The Morgan fingerprint density at radius 2 is 1.88 bits per heavy atom. The predicted octanol–water partition coefficient (Wildman–Crippen LogP) is 1.87. The van der Waals surface area contributed by atoms with E-state index in [0.717, 1.165) is 19.0 Å². The molecule has 0 bridgehead atoms. The summed E-state index contributed by atoms with van der Waals surface area (Å²) in [5, 5.41) is 0. The molecule has 1 amide bonds. The van der Waals surface area contributed by atoms with Gasteiger partial charge in [0.15, 0.2) is 0 Å². The molecule has 1 aliphatic carbocycles. The Hall–Kier alpha value is -0.570. The van der Waals surface area contributed by atoms with E-state index < -0.39 is 0 Å². The summed E-state index contributed by atoms with van der Waals surface area (Å²) < 4.78 is 0. The fourth-order valence-corrected chi connectivity index (χ4v) is 3.12. The molecule has 1 aliphatic heterocycles. The van der Waals surface area contributed by atoms with Crippen LogP contribution in [0.5, 0.6) is 0 Å². The molecule has 2 aliphatic rings. The zero-order valence-electron chi connectivity index (χ0n) is 10.6. The number of amides is 1. The van der Waals surface area contributed by atoms with E-state index >= 15 is 0 Å². The van der Waals surface area contributed by atoms with E-state index in [2.05, 4.69) is 4.90 Å². The van der Waals surface area contributed by atoms with Crippen molar-refractivity contribution in [3.8, 4) is 0 Å². The van der Waals surface area contributed by atoms with Crippen LogP contribution in [0, 0.1) is 0 Å². The molecule has 3 heteroatoms. The summed E-state index contributed by atoms with van der Waals surface area (Å²) >= 11 is 0. The van der Waals surface area contributed by atoms with Crippen LogP contribution in [0.2, 0.25) is 0 Å². The Morgan fingerprint density at radius 1 is 1.19 bits per heavy atom. The minimum Gasteiger partial charge on any atom is -0.342 e. The number of carbonyl (C=O) groups excluding carboxylic acids is 1. The normalized spacial score (nSPS) is 28.2. The number of rotatable bonds is 2. The lowest BCUT2D eigenvalue weighted by molar-refractivity contribution is -0.129. The van der Waals surface area contributed by atoms with E-state index in [1.54, 1.807) is 6.92 Å². The number of hydrogen-bond donors (Lipinski definition) is 0. The van der Waals surface area contributed by atoms with Gasteiger partial charge >= 0.3 is 0 Å². The molecule has 0 radical (unpaired) electrons. The molecule has 16 heavy (non-hydrogen) atoms. The summed E-state index contributed by atoms with van der Waals surface area (Å²) in [6.45, 7) is 3.96. The van der Waals surface area contributed by atoms with Crippen molar-refractivity contribution in [3.05, 3.63) is 0 Å². The van der Waals surface area contributed by atoms with Crippen LogP contribution in [-0.2, 0) is 4.79 Å². The second kappa shape index (κ2) is 5.17. The van der Waals surface area contributed by atoms with Crippen LogP contribution in [0.25, 0.3) is 0 Å². The molecule has 0 spiro atoms. The topological polar surface area (TPSA) is 23.6 Å². The molecule has 1 unspecified atom stereocenters. The predicted molar refractivity (Wildman–Crippen MR) is 65.3 cm³/mol. The lowest BCUT2D eigenvalue weighted by atomic mass is 9.94. The number of likely N-dealkylation sites (tertiary alicyclic amines) is 1. The highest BCUT2D eigenvalue weighted by Crippen LogP contribution is 2.26.